The summed E-state index contributed by atoms with van der Waals surface area (Å²) in [7, 11) is 0. The Hall–Kier alpha value is -2.08. The Morgan fingerprint density at radius 3 is 2.93 bits per heavy atom. The van der Waals surface area contributed by atoms with Crippen molar-refractivity contribution < 1.29 is 4.79 Å². The van der Waals surface area contributed by atoms with Crippen LogP contribution in [0.1, 0.15) is 28.4 Å². The largest absolute Gasteiger partial charge is 0.307 e. The maximum atomic E-state index is 11.9. The standard InChI is InChI=1S/C12H10N2O/c1-2-14-11(7-8-13)9-5-3-4-6-10(9)12(14)15/h2-6,11H,1,7H2. The highest BCUT2D eigenvalue weighted by Gasteiger charge is 2.34. The van der Waals surface area contributed by atoms with Crippen molar-refractivity contribution in [3.8, 4) is 6.07 Å². The van der Waals surface area contributed by atoms with E-state index in [1.807, 2.05) is 18.2 Å². The SMILES string of the molecule is C=CN1C(=O)c2ccccc2C1CC#N. The Morgan fingerprint density at radius 2 is 2.27 bits per heavy atom. The quantitative estimate of drug-likeness (QED) is 0.731. The first-order valence-corrected chi connectivity index (χ1v) is 4.70. The molecule has 15 heavy (non-hydrogen) atoms. The molecule has 0 bridgehead atoms. The summed E-state index contributed by atoms with van der Waals surface area (Å²) < 4.78 is 0. The summed E-state index contributed by atoms with van der Waals surface area (Å²) in [6.45, 7) is 3.60. The minimum Gasteiger partial charge on any atom is -0.307 e. The van der Waals surface area contributed by atoms with Crippen molar-refractivity contribution in [1.29, 1.82) is 5.26 Å². The lowest BCUT2D eigenvalue weighted by Gasteiger charge is -2.18. The van der Waals surface area contributed by atoms with E-state index in [1.165, 1.54) is 11.1 Å². The molecule has 1 aromatic rings. The van der Waals surface area contributed by atoms with Gasteiger partial charge in [0, 0.05) is 11.8 Å². The van der Waals surface area contributed by atoms with Gasteiger partial charge >= 0.3 is 0 Å². The summed E-state index contributed by atoms with van der Waals surface area (Å²) in [5.74, 6) is -0.0687. The van der Waals surface area contributed by atoms with E-state index in [-0.39, 0.29) is 11.9 Å². The van der Waals surface area contributed by atoms with Gasteiger partial charge in [0.05, 0.1) is 18.5 Å². The molecular formula is C12H10N2O. The monoisotopic (exact) mass is 198 g/mol. The first-order chi connectivity index (χ1) is 7.29. The fraction of sp³-hybridized carbons (Fsp3) is 0.167. The van der Waals surface area contributed by atoms with Crippen molar-refractivity contribution >= 4 is 5.91 Å². The van der Waals surface area contributed by atoms with Crippen molar-refractivity contribution in [3.05, 3.63) is 48.2 Å². The molecule has 2 rings (SSSR count). The molecule has 0 spiro atoms. The van der Waals surface area contributed by atoms with Gasteiger partial charge in [0.2, 0.25) is 0 Å². The molecule has 0 aliphatic carbocycles. The molecule has 1 unspecified atom stereocenters. The summed E-state index contributed by atoms with van der Waals surface area (Å²) in [6.07, 6.45) is 1.79. The molecule has 0 saturated carbocycles. The second-order valence-corrected chi connectivity index (χ2v) is 3.36. The Labute approximate surface area is 88.2 Å². The number of hydrogen-bond acceptors (Lipinski definition) is 2. The molecule has 1 aliphatic rings. The Balaban J connectivity index is 2.51. The Bertz CT molecular complexity index is 459. The topological polar surface area (TPSA) is 44.1 Å². The first-order valence-electron chi connectivity index (χ1n) is 4.70. The summed E-state index contributed by atoms with van der Waals surface area (Å²) in [5, 5.41) is 8.73. The molecule has 0 N–H and O–H groups in total. The molecule has 1 aromatic carbocycles. The van der Waals surface area contributed by atoms with Gasteiger partial charge in [-0.25, -0.2) is 0 Å². The number of carbonyl (C=O) groups excluding carboxylic acids is 1. The van der Waals surface area contributed by atoms with Crippen LogP contribution in [-0.4, -0.2) is 10.8 Å². The maximum absolute atomic E-state index is 11.9. The lowest BCUT2D eigenvalue weighted by atomic mass is 10.0. The van der Waals surface area contributed by atoms with Crippen LogP contribution < -0.4 is 0 Å². The van der Waals surface area contributed by atoms with Crippen LogP contribution in [0, 0.1) is 11.3 Å². The van der Waals surface area contributed by atoms with E-state index < -0.39 is 0 Å². The smallest absolute Gasteiger partial charge is 0.258 e. The van der Waals surface area contributed by atoms with E-state index in [0.717, 1.165) is 5.56 Å². The van der Waals surface area contributed by atoms with Crippen molar-refractivity contribution in [1.82, 2.24) is 4.90 Å². The van der Waals surface area contributed by atoms with Crippen molar-refractivity contribution in [2.45, 2.75) is 12.5 Å². The van der Waals surface area contributed by atoms with Crippen LogP contribution in [0.25, 0.3) is 0 Å². The number of hydrogen-bond donors (Lipinski definition) is 0. The van der Waals surface area contributed by atoms with Crippen molar-refractivity contribution in [2.24, 2.45) is 0 Å². The van der Waals surface area contributed by atoms with Crippen LogP contribution in [0.4, 0.5) is 0 Å². The minimum atomic E-state index is -0.170. The zero-order valence-electron chi connectivity index (χ0n) is 8.18. The van der Waals surface area contributed by atoms with Crippen LogP contribution in [-0.2, 0) is 0 Å². The molecule has 0 fully saturated rings. The number of nitrogens with zero attached hydrogens (tertiary/aromatic N) is 2. The third-order valence-corrected chi connectivity index (χ3v) is 2.60. The number of amides is 1. The fourth-order valence-corrected chi connectivity index (χ4v) is 1.92. The third kappa shape index (κ3) is 1.31. The normalized spacial score (nSPS) is 18.5. The summed E-state index contributed by atoms with van der Waals surface area (Å²) in [4.78, 5) is 13.4. The van der Waals surface area contributed by atoms with Gasteiger partial charge in [-0.05, 0) is 11.6 Å². The van der Waals surface area contributed by atoms with E-state index in [2.05, 4.69) is 12.6 Å². The molecule has 3 nitrogen and oxygen atoms in total. The number of carbonyl (C=O) groups is 1. The number of nitriles is 1. The second kappa shape index (κ2) is 3.58. The van der Waals surface area contributed by atoms with Crippen LogP contribution in [0.2, 0.25) is 0 Å². The molecular weight excluding hydrogens is 188 g/mol. The predicted molar refractivity (Wildman–Crippen MR) is 55.8 cm³/mol. The van der Waals surface area contributed by atoms with Gasteiger partial charge in [-0.2, -0.15) is 5.26 Å². The van der Waals surface area contributed by atoms with Gasteiger partial charge in [0.1, 0.15) is 0 Å². The molecule has 1 amide bonds. The van der Waals surface area contributed by atoms with Crippen LogP contribution in [0.15, 0.2) is 37.0 Å². The summed E-state index contributed by atoms with van der Waals surface area (Å²) >= 11 is 0. The number of fused-ring (bicyclic) bond motifs is 1. The lowest BCUT2D eigenvalue weighted by molar-refractivity contribution is 0.0809. The highest BCUT2D eigenvalue weighted by Crippen LogP contribution is 2.35. The number of benzene rings is 1. The van der Waals surface area contributed by atoms with Crippen LogP contribution in [0.5, 0.6) is 0 Å². The molecule has 0 aromatic heterocycles. The molecule has 1 aliphatic heterocycles. The molecule has 3 heteroatoms. The van der Waals surface area contributed by atoms with Crippen molar-refractivity contribution in [2.75, 3.05) is 0 Å². The fourth-order valence-electron chi connectivity index (χ4n) is 1.92. The Morgan fingerprint density at radius 1 is 1.53 bits per heavy atom. The third-order valence-electron chi connectivity index (χ3n) is 2.60. The van der Waals surface area contributed by atoms with Gasteiger partial charge in [-0.1, -0.05) is 24.8 Å². The van der Waals surface area contributed by atoms with E-state index in [4.69, 9.17) is 5.26 Å². The van der Waals surface area contributed by atoms with Gasteiger partial charge in [0.25, 0.3) is 5.91 Å². The molecule has 0 radical (unpaired) electrons. The van der Waals surface area contributed by atoms with Crippen molar-refractivity contribution in [3.63, 3.8) is 0 Å². The minimum absolute atomic E-state index is 0.0687. The summed E-state index contributed by atoms with van der Waals surface area (Å²) in [6, 6.07) is 9.30. The maximum Gasteiger partial charge on any atom is 0.258 e. The average molecular weight is 198 g/mol. The van der Waals surface area contributed by atoms with Gasteiger partial charge in [0.15, 0.2) is 0 Å². The Kier molecular flexibility index (Phi) is 2.26. The average Bonchev–Trinajstić information content (AvgIpc) is 2.54. The van der Waals surface area contributed by atoms with E-state index in [1.54, 1.807) is 6.07 Å². The first kappa shape index (κ1) is 9.47. The van der Waals surface area contributed by atoms with Crippen LogP contribution >= 0.6 is 0 Å². The molecule has 1 heterocycles. The highest BCUT2D eigenvalue weighted by atomic mass is 16.2. The molecule has 1 atom stereocenters. The lowest BCUT2D eigenvalue weighted by Crippen LogP contribution is -2.21. The zero-order chi connectivity index (χ0) is 10.8. The zero-order valence-corrected chi connectivity index (χ0v) is 8.18. The van der Waals surface area contributed by atoms with E-state index in [0.29, 0.717) is 12.0 Å². The van der Waals surface area contributed by atoms with E-state index in [9.17, 15) is 4.79 Å². The van der Waals surface area contributed by atoms with E-state index >= 15 is 0 Å². The molecule has 0 saturated heterocycles. The predicted octanol–water partition coefficient (Wildman–Crippen LogP) is 2.24. The summed E-state index contributed by atoms with van der Waals surface area (Å²) in [5.41, 5.74) is 1.60. The molecule has 74 valence electrons. The second-order valence-electron chi connectivity index (χ2n) is 3.36. The van der Waals surface area contributed by atoms with Crippen LogP contribution in [0.3, 0.4) is 0 Å². The van der Waals surface area contributed by atoms with Gasteiger partial charge in [-0.3, -0.25) is 4.79 Å². The van der Waals surface area contributed by atoms with Gasteiger partial charge < -0.3 is 4.90 Å². The highest BCUT2D eigenvalue weighted by molar-refractivity contribution is 5.99. The number of rotatable bonds is 2. The van der Waals surface area contributed by atoms with Gasteiger partial charge in [-0.15, -0.1) is 0 Å².